The van der Waals surface area contributed by atoms with E-state index < -0.39 is 0 Å². The van der Waals surface area contributed by atoms with Crippen LogP contribution in [-0.4, -0.2) is 16.0 Å². The van der Waals surface area contributed by atoms with E-state index in [1.165, 1.54) is 4.88 Å². The molecule has 0 spiro atoms. The van der Waals surface area contributed by atoms with E-state index in [4.69, 9.17) is 4.52 Å². The standard InChI is InChI=1S/C17H25N3O2S/c1-11(2)15(12-7-6-10-23-12)18-13(21)8-9-14-19-16(20-22-14)17(3,4)5/h6-7,10-11,15H,8-9H2,1-5H3,(H,18,21)/t15-/m1/s1. The fourth-order valence-electron chi connectivity index (χ4n) is 2.16. The molecule has 0 bridgehead atoms. The average Bonchev–Trinajstić information content (AvgIpc) is 3.12. The quantitative estimate of drug-likeness (QED) is 0.870. The normalized spacial score (nSPS) is 13.3. The van der Waals surface area contributed by atoms with Gasteiger partial charge in [0.15, 0.2) is 5.82 Å². The Morgan fingerprint density at radius 3 is 2.65 bits per heavy atom. The Morgan fingerprint density at radius 2 is 2.13 bits per heavy atom. The highest BCUT2D eigenvalue weighted by Gasteiger charge is 2.22. The van der Waals surface area contributed by atoms with E-state index in [9.17, 15) is 4.79 Å². The fourth-order valence-corrected chi connectivity index (χ4v) is 3.11. The van der Waals surface area contributed by atoms with Crippen LogP contribution in [0.2, 0.25) is 0 Å². The summed E-state index contributed by atoms with van der Waals surface area (Å²) < 4.78 is 5.23. The largest absolute Gasteiger partial charge is 0.348 e. The van der Waals surface area contributed by atoms with Crippen LogP contribution in [0.15, 0.2) is 22.0 Å². The zero-order chi connectivity index (χ0) is 17.0. The van der Waals surface area contributed by atoms with Crippen LogP contribution in [0.5, 0.6) is 0 Å². The first-order valence-corrected chi connectivity index (χ1v) is 8.81. The maximum atomic E-state index is 12.2. The predicted molar refractivity (Wildman–Crippen MR) is 91.4 cm³/mol. The molecule has 0 radical (unpaired) electrons. The summed E-state index contributed by atoms with van der Waals surface area (Å²) in [5.41, 5.74) is -0.147. The summed E-state index contributed by atoms with van der Waals surface area (Å²) in [6.45, 7) is 10.3. The Bertz CT molecular complexity index is 627. The van der Waals surface area contributed by atoms with Crippen LogP contribution in [0.3, 0.4) is 0 Å². The fraction of sp³-hybridized carbons (Fsp3) is 0.588. The molecule has 0 aliphatic heterocycles. The first kappa shape index (κ1) is 17.7. The van der Waals surface area contributed by atoms with Gasteiger partial charge in [-0.25, -0.2) is 0 Å². The number of nitrogens with zero attached hydrogens (tertiary/aromatic N) is 2. The summed E-state index contributed by atoms with van der Waals surface area (Å²) >= 11 is 1.67. The average molecular weight is 335 g/mol. The summed E-state index contributed by atoms with van der Waals surface area (Å²) in [5, 5.41) is 9.12. The zero-order valence-corrected chi connectivity index (χ0v) is 15.2. The van der Waals surface area contributed by atoms with Crippen LogP contribution in [0, 0.1) is 5.92 Å². The van der Waals surface area contributed by atoms with Gasteiger partial charge in [-0.15, -0.1) is 11.3 Å². The van der Waals surface area contributed by atoms with Crippen LogP contribution in [0.1, 0.15) is 63.7 Å². The summed E-state index contributed by atoms with van der Waals surface area (Å²) in [7, 11) is 0. The number of carbonyl (C=O) groups is 1. The maximum Gasteiger partial charge on any atom is 0.227 e. The highest BCUT2D eigenvalue weighted by Crippen LogP contribution is 2.26. The van der Waals surface area contributed by atoms with Gasteiger partial charge in [0.1, 0.15) is 0 Å². The van der Waals surface area contributed by atoms with E-state index in [1.54, 1.807) is 11.3 Å². The van der Waals surface area contributed by atoms with Crippen molar-refractivity contribution >= 4 is 17.2 Å². The molecular weight excluding hydrogens is 310 g/mol. The molecule has 23 heavy (non-hydrogen) atoms. The van der Waals surface area contributed by atoms with Crippen LogP contribution in [0.4, 0.5) is 0 Å². The van der Waals surface area contributed by atoms with Crippen LogP contribution >= 0.6 is 11.3 Å². The van der Waals surface area contributed by atoms with E-state index >= 15 is 0 Å². The third-order valence-corrected chi connectivity index (χ3v) is 4.49. The monoisotopic (exact) mass is 335 g/mol. The van der Waals surface area contributed by atoms with Crippen molar-refractivity contribution in [2.45, 2.75) is 58.9 Å². The smallest absolute Gasteiger partial charge is 0.227 e. The molecule has 0 saturated heterocycles. The number of hydrogen-bond donors (Lipinski definition) is 1. The molecule has 5 nitrogen and oxygen atoms in total. The molecule has 2 aromatic heterocycles. The van der Waals surface area contributed by atoms with Crippen molar-refractivity contribution < 1.29 is 9.32 Å². The molecule has 2 rings (SSSR count). The lowest BCUT2D eigenvalue weighted by Crippen LogP contribution is -2.31. The highest BCUT2D eigenvalue weighted by atomic mass is 32.1. The van der Waals surface area contributed by atoms with E-state index in [2.05, 4.69) is 35.4 Å². The summed E-state index contributed by atoms with van der Waals surface area (Å²) in [5.74, 6) is 1.54. The minimum Gasteiger partial charge on any atom is -0.348 e. The van der Waals surface area contributed by atoms with Crippen molar-refractivity contribution in [3.63, 3.8) is 0 Å². The third-order valence-electron chi connectivity index (χ3n) is 3.54. The third kappa shape index (κ3) is 4.89. The molecule has 0 aromatic carbocycles. The second-order valence-electron chi connectivity index (χ2n) is 7.07. The number of aromatic nitrogens is 2. The van der Waals surface area contributed by atoms with Crippen LogP contribution in [0.25, 0.3) is 0 Å². The number of hydrogen-bond acceptors (Lipinski definition) is 5. The number of amides is 1. The molecule has 0 fully saturated rings. The Morgan fingerprint density at radius 1 is 1.39 bits per heavy atom. The van der Waals surface area contributed by atoms with Gasteiger partial charge in [-0.2, -0.15) is 4.98 Å². The molecule has 126 valence electrons. The van der Waals surface area contributed by atoms with Crippen molar-refractivity contribution in [2.75, 3.05) is 0 Å². The van der Waals surface area contributed by atoms with Crippen molar-refractivity contribution in [1.82, 2.24) is 15.5 Å². The molecule has 0 unspecified atom stereocenters. The van der Waals surface area contributed by atoms with Crippen molar-refractivity contribution in [1.29, 1.82) is 0 Å². The predicted octanol–water partition coefficient (Wildman–Crippen LogP) is 3.87. The molecule has 6 heteroatoms. The Kier molecular flexibility index (Phi) is 5.57. The summed E-state index contributed by atoms with van der Waals surface area (Å²) in [6.07, 6.45) is 0.810. The van der Waals surface area contributed by atoms with E-state index in [-0.39, 0.29) is 17.4 Å². The number of rotatable bonds is 6. The minimum atomic E-state index is -0.147. The van der Waals surface area contributed by atoms with Gasteiger partial charge >= 0.3 is 0 Å². The van der Waals surface area contributed by atoms with Gasteiger partial charge < -0.3 is 9.84 Å². The lowest BCUT2D eigenvalue weighted by molar-refractivity contribution is -0.122. The molecule has 0 aliphatic carbocycles. The van der Waals surface area contributed by atoms with Crippen molar-refractivity contribution in [2.24, 2.45) is 5.92 Å². The zero-order valence-electron chi connectivity index (χ0n) is 14.4. The van der Waals surface area contributed by atoms with Gasteiger partial charge in [0.25, 0.3) is 0 Å². The second-order valence-corrected chi connectivity index (χ2v) is 8.05. The molecule has 1 atom stereocenters. The van der Waals surface area contributed by atoms with Gasteiger partial charge in [-0.1, -0.05) is 45.8 Å². The minimum absolute atomic E-state index is 0.00705. The lowest BCUT2D eigenvalue weighted by atomic mass is 9.96. The maximum absolute atomic E-state index is 12.2. The molecular formula is C17H25N3O2S. The lowest BCUT2D eigenvalue weighted by Gasteiger charge is -2.21. The van der Waals surface area contributed by atoms with Gasteiger partial charge in [0.2, 0.25) is 11.8 Å². The van der Waals surface area contributed by atoms with Gasteiger partial charge in [-0.05, 0) is 17.4 Å². The summed E-state index contributed by atoms with van der Waals surface area (Å²) in [6, 6.07) is 4.12. The van der Waals surface area contributed by atoms with Gasteiger partial charge in [0, 0.05) is 23.1 Å². The van der Waals surface area contributed by atoms with E-state index in [0.717, 1.165) is 0 Å². The second kappa shape index (κ2) is 7.25. The van der Waals surface area contributed by atoms with E-state index in [0.29, 0.717) is 30.5 Å². The summed E-state index contributed by atoms with van der Waals surface area (Å²) in [4.78, 5) is 17.8. The molecule has 2 aromatic rings. The Labute approximate surface area is 141 Å². The van der Waals surface area contributed by atoms with Crippen LogP contribution in [-0.2, 0) is 16.6 Å². The Hall–Kier alpha value is -1.69. The topological polar surface area (TPSA) is 68.0 Å². The number of thiophene rings is 1. The first-order valence-electron chi connectivity index (χ1n) is 7.93. The molecule has 1 amide bonds. The molecule has 0 aliphatic rings. The number of carbonyl (C=O) groups excluding carboxylic acids is 1. The SMILES string of the molecule is CC(C)[C@@H](NC(=O)CCc1nc(C(C)(C)C)no1)c1cccs1. The highest BCUT2D eigenvalue weighted by molar-refractivity contribution is 7.10. The van der Waals surface area contributed by atoms with Crippen molar-refractivity contribution in [3.8, 4) is 0 Å². The van der Waals surface area contributed by atoms with Gasteiger partial charge in [-0.3, -0.25) is 4.79 Å². The number of aryl methyl sites for hydroxylation is 1. The van der Waals surface area contributed by atoms with Crippen LogP contribution < -0.4 is 5.32 Å². The Balaban J connectivity index is 1.90. The molecule has 1 N–H and O–H groups in total. The molecule has 0 saturated carbocycles. The first-order chi connectivity index (χ1) is 10.8. The van der Waals surface area contributed by atoms with Crippen molar-refractivity contribution in [3.05, 3.63) is 34.1 Å². The number of nitrogens with one attached hydrogen (secondary N) is 1. The van der Waals surface area contributed by atoms with E-state index in [1.807, 2.05) is 32.2 Å². The molecule has 2 heterocycles. The van der Waals surface area contributed by atoms with Gasteiger partial charge in [0.05, 0.1) is 6.04 Å².